The molecule has 1 saturated carbocycles. The second-order valence-corrected chi connectivity index (χ2v) is 3.48. The summed E-state index contributed by atoms with van der Waals surface area (Å²) in [5, 5.41) is 6.07. The second kappa shape index (κ2) is 3.70. The molecule has 1 fully saturated rings. The number of hydrazone groups is 1. The molecule has 0 aromatic carbocycles. The maximum absolute atomic E-state index is 11.3. The van der Waals surface area contributed by atoms with Crippen molar-refractivity contribution in [3.8, 4) is 0 Å². The molecule has 0 heterocycles. The number of ketones is 1. The molecule has 0 N–H and O–H groups in total. The summed E-state index contributed by atoms with van der Waals surface area (Å²) in [6.07, 6.45) is 2.68. The van der Waals surface area contributed by atoms with Gasteiger partial charge in [-0.3, -0.25) is 4.79 Å². The highest BCUT2D eigenvalue weighted by atomic mass is 16.1. The zero-order valence-electron chi connectivity index (χ0n) is 8.00. The highest BCUT2D eigenvalue weighted by molar-refractivity contribution is 6.06. The summed E-state index contributed by atoms with van der Waals surface area (Å²) in [5.74, 6) is 0.378. The van der Waals surface area contributed by atoms with E-state index in [1.54, 1.807) is 5.01 Å². The number of carbonyl (C=O) groups is 1. The van der Waals surface area contributed by atoms with Gasteiger partial charge in [0.05, 0.1) is 5.92 Å². The minimum Gasteiger partial charge on any atom is -0.303 e. The SMILES string of the molecule is C[C@H]1C(=O)CCCC1=NN(C)C. The van der Waals surface area contributed by atoms with E-state index in [0.29, 0.717) is 5.78 Å². The Bertz CT molecular complexity index is 209. The van der Waals surface area contributed by atoms with Crippen LogP contribution < -0.4 is 0 Å². The Balaban J connectivity index is 2.70. The van der Waals surface area contributed by atoms with Crippen LogP contribution in [-0.4, -0.2) is 30.6 Å². The molecule has 0 unspecified atom stereocenters. The Morgan fingerprint density at radius 3 is 2.67 bits per heavy atom. The first-order valence-corrected chi connectivity index (χ1v) is 4.38. The molecule has 1 aliphatic rings. The van der Waals surface area contributed by atoms with Crippen LogP contribution in [0.3, 0.4) is 0 Å². The van der Waals surface area contributed by atoms with Crippen LogP contribution in [0.4, 0.5) is 0 Å². The monoisotopic (exact) mass is 168 g/mol. The third kappa shape index (κ3) is 2.06. The molecule has 0 aromatic heterocycles. The molecule has 0 aromatic rings. The van der Waals surface area contributed by atoms with E-state index in [-0.39, 0.29) is 5.92 Å². The van der Waals surface area contributed by atoms with Crippen molar-refractivity contribution in [2.24, 2.45) is 11.0 Å². The molecular weight excluding hydrogens is 152 g/mol. The van der Waals surface area contributed by atoms with Crippen LogP contribution in [0.15, 0.2) is 5.10 Å². The maximum atomic E-state index is 11.3. The van der Waals surface area contributed by atoms with Crippen molar-refractivity contribution in [1.82, 2.24) is 5.01 Å². The third-order valence-corrected chi connectivity index (χ3v) is 2.17. The molecule has 0 spiro atoms. The van der Waals surface area contributed by atoms with Crippen LogP contribution in [0.25, 0.3) is 0 Å². The average molecular weight is 168 g/mol. The number of rotatable bonds is 1. The van der Waals surface area contributed by atoms with Crippen molar-refractivity contribution in [3.05, 3.63) is 0 Å². The summed E-state index contributed by atoms with van der Waals surface area (Å²) < 4.78 is 0. The van der Waals surface area contributed by atoms with E-state index < -0.39 is 0 Å². The smallest absolute Gasteiger partial charge is 0.141 e. The topological polar surface area (TPSA) is 32.7 Å². The summed E-state index contributed by atoms with van der Waals surface area (Å²) in [5.41, 5.74) is 1.04. The largest absolute Gasteiger partial charge is 0.303 e. The van der Waals surface area contributed by atoms with Gasteiger partial charge < -0.3 is 5.01 Å². The van der Waals surface area contributed by atoms with Gasteiger partial charge in [0.2, 0.25) is 0 Å². The molecule has 1 rings (SSSR count). The number of hydrogen-bond acceptors (Lipinski definition) is 3. The van der Waals surface area contributed by atoms with E-state index in [1.807, 2.05) is 21.0 Å². The molecule has 3 heteroatoms. The van der Waals surface area contributed by atoms with E-state index in [2.05, 4.69) is 5.10 Å². The standard InChI is InChI=1S/C9H16N2O/c1-7-8(10-11(2)3)5-4-6-9(7)12/h7H,4-6H2,1-3H3/t7-/m1/s1. The van der Waals surface area contributed by atoms with Gasteiger partial charge >= 0.3 is 0 Å². The van der Waals surface area contributed by atoms with Gasteiger partial charge in [-0.2, -0.15) is 5.10 Å². The van der Waals surface area contributed by atoms with Gasteiger partial charge in [0.1, 0.15) is 5.78 Å². The van der Waals surface area contributed by atoms with Gasteiger partial charge in [-0.05, 0) is 12.8 Å². The summed E-state index contributed by atoms with van der Waals surface area (Å²) in [6.45, 7) is 1.95. The Morgan fingerprint density at radius 2 is 2.08 bits per heavy atom. The lowest BCUT2D eigenvalue weighted by molar-refractivity contribution is -0.121. The molecule has 1 atom stereocenters. The Labute approximate surface area is 73.4 Å². The quantitative estimate of drug-likeness (QED) is 0.553. The van der Waals surface area contributed by atoms with Crippen LogP contribution in [0.1, 0.15) is 26.2 Å². The van der Waals surface area contributed by atoms with E-state index in [1.165, 1.54) is 0 Å². The van der Waals surface area contributed by atoms with E-state index in [4.69, 9.17) is 0 Å². The Hall–Kier alpha value is -0.860. The maximum Gasteiger partial charge on any atom is 0.141 e. The first-order chi connectivity index (χ1) is 5.61. The molecule has 0 bridgehead atoms. The van der Waals surface area contributed by atoms with Gasteiger partial charge in [-0.1, -0.05) is 6.92 Å². The first-order valence-electron chi connectivity index (χ1n) is 4.38. The fraction of sp³-hybridized carbons (Fsp3) is 0.778. The van der Waals surface area contributed by atoms with Gasteiger partial charge in [-0.25, -0.2) is 0 Å². The predicted octanol–water partition coefficient (Wildman–Crippen LogP) is 1.29. The van der Waals surface area contributed by atoms with Crippen molar-refractivity contribution < 1.29 is 4.79 Å². The van der Waals surface area contributed by atoms with Crippen molar-refractivity contribution in [2.75, 3.05) is 14.1 Å². The van der Waals surface area contributed by atoms with Crippen LogP contribution in [0.2, 0.25) is 0 Å². The zero-order valence-corrected chi connectivity index (χ0v) is 8.00. The highest BCUT2D eigenvalue weighted by Crippen LogP contribution is 2.18. The van der Waals surface area contributed by atoms with Crippen LogP contribution in [0, 0.1) is 5.92 Å². The molecule has 12 heavy (non-hydrogen) atoms. The first kappa shape index (κ1) is 9.23. The number of carbonyl (C=O) groups excluding carboxylic acids is 1. The molecule has 0 saturated heterocycles. The van der Waals surface area contributed by atoms with E-state index >= 15 is 0 Å². The summed E-state index contributed by atoms with van der Waals surface area (Å²) in [6, 6.07) is 0. The van der Waals surface area contributed by atoms with Gasteiger partial charge in [-0.15, -0.1) is 0 Å². The lowest BCUT2D eigenvalue weighted by Gasteiger charge is -2.20. The molecule has 3 nitrogen and oxygen atoms in total. The van der Waals surface area contributed by atoms with Crippen LogP contribution in [0.5, 0.6) is 0 Å². The second-order valence-electron chi connectivity index (χ2n) is 3.48. The summed E-state index contributed by atoms with van der Waals surface area (Å²) >= 11 is 0. The molecule has 0 amide bonds. The molecule has 1 aliphatic carbocycles. The van der Waals surface area contributed by atoms with E-state index in [0.717, 1.165) is 25.0 Å². The average Bonchev–Trinajstić information content (AvgIpc) is 1.98. The van der Waals surface area contributed by atoms with E-state index in [9.17, 15) is 4.79 Å². The van der Waals surface area contributed by atoms with Crippen molar-refractivity contribution in [3.63, 3.8) is 0 Å². The van der Waals surface area contributed by atoms with Crippen LogP contribution in [-0.2, 0) is 4.79 Å². The molecule has 0 radical (unpaired) electrons. The Morgan fingerprint density at radius 1 is 1.42 bits per heavy atom. The summed E-state index contributed by atoms with van der Waals surface area (Å²) in [4.78, 5) is 11.3. The van der Waals surface area contributed by atoms with Gasteiger partial charge in [0, 0.05) is 26.2 Å². The zero-order chi connectivity index (χ0) is 9.14. The Kier molecular flexibility index (Phi) is 2.84. The normalized spacial score (nSPS) is 27.8. The minimum absolute atomic E-state index is 0.0427. The number of Topliss-reactive ketones (excluding diaryl/α,β-unsaturated/α-hetero) is 1. The van der Waals surface area contributed by atoms with Crippen molar-refractivity contribution in [1.29, 1.82) is 0 Å². The fourth-order valence-electron chi connectivity index (χ4n) is 1.46. The molecule has 0 aliphatic heterocycles. The van der Waals surface area contributed by atoms with Gasteiger partial charge in [0.25, 0.3) is 0 Å². The third-order valence-electron chi connectivity index (χ3n) is 2.17. The lowest BCUT2D eigenvalue weighted by Crippen LogP contribution is -2.27. The summed E-state index contributed by atoms with van der Waals surface area (Å²) in [7, 11) is 3.78. The fourth-order valence-corrected chi connectivity index (χ4v) is 1.46. The number of hydrogen-bond donors (Lipinski definition) is 0. The number of nitrogens with zero attached hydrogens (tertiary/aromatic N) is 2. The van der Waals surface area contributed by atoms with Crippen molar-refractivity contribution in [2.45, 2.75) is 26.2 Å². The molecular formula is C9H16N2O. The van der Waals surface area contributed by atoms with Gasteiger partial charge in [0.15, 0.2) is 0 Å². The van der Waals surface area contributed by atoms with Crippen molar-refractivity contribution >= 4 is 11.5 Å². The molecule has 68 valence electrons. The predicted molar refractivity (Wildman–Crippen MR) is 49.1 cm³/mol. The van der Waals surface area contributed by atoms with Crippen LogP contribution >= 0.6 is 0 Å². The minimum atomic E-state index is 0.0427. The lowest BCUT2D eigenvalue weighted by atomic mass is 9.88. The highest BCUT2D eigenvalue weighted by Gasteiger charge is 2.23.